The van der Waals surface area contributed by atoms with Gasteiger partial charge in [0.2, 0.25) is 0 Å². The Hall–Kier alpha value is -2.01. The van der Waals surface area contributed by atoms with Crippen molar-refractivity contribution in [1.82, 2.24) is 4.31 Å². The Morgan fingerprint density at radius 3 is 2.08 bits per heavy atom. The van der Waals surface area contributed by atoms with E-state index < -0.39 is 52.0 Å². The quantitative estimate of drug-likeness (QED) is 0.830. The zero-order chi connectivity index (χ0) is 19.0. The largest absolute Gasteiger partial charge is 0.495 e. The minimum atomic E-state index is -4.84. The maximum atomic E-state index is 13.1. The summed E-state index contributed by atoms with van der Waals surface area (Å²) in [6.07, 6.45) is -4.84. The number of hydrogen-bond donors (Lipinski definition) is 1. The van der Waals surface area contributed by atoms with Gasteiger partial charge in [0.05, 0.1) is 26.1 Å². The van der Waals surface area contributed by atoms with E-state index in [-0.39, 0.29) is 11.5 Å². The molecular formula is C14H16F3NO6S. The summed E-state index contributed by atoms with van der Waals surface area (Å²) in [4.78, 5) is 10.7. The lowest BCUT2D eigenvalue weighted by molar-refractivity contribution is -0.187. The number of benzene rings is 1. The summed E-state index contributed by atoms with van der Waals surface area (Å²) in [7, 11) is -2.05. The molecule has 7 nitrogen and oxygen atoms in total. The molecule has 140 valence electrons. The van der Waals surface area contributed by atoms with Crippen LogP contribution in [-0.2, 0) is 14.8 Å². The van der Waals surface area contributed by atoms with Crippen LogP contribution in [-0.4, -0.2) is 57.3 Å². The molecular weight excluding hydrogens is 367 g/mol. The average molecular weight is 383 g/mol. The SMILES string of the molecule is COc1cccc(OC)c1S(=O)(=O)N1C[C@@H](C(F)(F)F)[C@H](C(=O)O)C1. The third-order valence-electron chi connectivity index (χ3n) is 4.00. The first-order chi connectivity index (χ1) is 11.5. The van der Waals surface area contributed by atoms with Gasteiger partial charge < -0.3 is 14.6 Å². The van der Waals surface area contributed by atoms with Crippen molar-refractivity contribution in [1.29, 1.82) is 0 Å². The fourth-order valence-corrected chi connectivity index (χ4v) is 4.53. The molecule has 0 spiro atoms. The second-order valence-electron chi connectivity index (χ2n) is 5.41. The average Bonchev–Trinajstić information content (AvgIpc) is 3.00. The van der Waals surface area contributed by atoms with Gasteiger partial charge in [0, 0.05) is 13.1 Å². The van der Waals surface area contributed by atoms with Gasteiger partial charge in [-0.05, 0) is 12.1 Å². The topological polar surface area (TPSA) is 93.1 Å². The third-order valence-corrected chi connectivity index (χ3v) is 5.90. The number of sulfonamides is 1. The molecule has 0 aromatic heterocycles. The maximum Gasteiger partial charge on any atom is 0.393 e. The molecule has 0 saturated carbocycles. The molecule has 1 fully saturated rings. The second-order valence-corrected chi connectivity index (χ2v) is 7.28. The summed E-state index contributed by atoms with van der Waals surface area (Å²) in [5, 5.41) is 9.03. The Kier molecular flexibility index (Phi) is 5.19. The number of ether oxygens (including phenoxy) is 2. The van der Waals surface area contributed by atoms with Gasteiger partial charge in [-0.15, -0.1) is 0 Å². The second kappa shape index (κ2) is 6.71. The number of carboxylic acid groups (broad SMARTS) is 1. The van der Waals surface area contributed by atoms with E-state index in [1.54, 1.807) is 0 Å². The molecule has 1 aromatic rings. The highest BCUT2D eigenvalue weighted by Crippen LogP contribution is 2.42. The molecule has 0 amide bonds. The van der Waals surface area contributed by atoms with Gasteiger partial charge in [0.15, 0.2) is 4.90 Å². The highest BCUT2D eigenvalue weighted by Gasteiger charge is 2.55. The lowest BCUT2D eigenvalue weighted by atomic mass is 9.96. The van der Waals surface area contributed by atoms with Gasteiger partial charge >= 0.3 is 12.1 Å². The van der Waals surface area contributed by atoms with E-state index in [0.29, 0.717) is 4.31 Å². The molecule has 25 heavy (non-hydrogen) atoms. The van der Waals surface area contributed by atoms with Gasteiger partial charge in [0.1, 0.15) is 11.5 Å². The molecule has 1 aliphatic rings. The Labute approximate surface area is 142 Å². The molecule has 0 unspecified atom stereocenters. The molecule has 1 saturated heterocycles. The number of halogens is 3. The Bertz CT molecular complexity index is 742. The van der Waals surface area contributed by atoms with Crippen molar-refractivity contribution in [3.63, 3.8) is 0 Å². The molecule has 2 atom stereocenters. The monoisotopic (exact) mass is 383 g/mol. The predicted octanol–water partition coefficient (Wildman–Crippen LogP) is 1.59. The molecule has 1 heterocycles. The van der Waals surface area contributed by atoms with Crippen molar-refractivity contribution >= 4 is 16.0 Å². The molecule has 0 bridgehead atoms. The van der Waals surface area contributed by atoms with Crippen molar-refractivity contribution in [2.45, 2.75) is 11.1 Å². The zero-order valence-corrected chi connectivity index (χ0v) is 14.1. The Morgan fingerprint density at radius 2 is 1.72 bits per heavy atom. The van der Waals surface area contributed by atoms with Gasteiger partial charge in [-0.3, -0.25) is 4.79 Å². The van der Waals surface area contributed by atoms with Crippen LogP contribution in [0.15, 0.2) is 23.1 Å². The standard InChI is InChI=1S/C14H16F3NO6S/c1-23-10-4-3-5-11(24-2)12(10)25(21,22)18-6-8(13(19)20)9(7-18)14(15,16)17/h3-5,8-9H,6-7H2,1-2H3,(H,19,20)/t8-,9-/m1/s1. The van der Waals surface area contributed by atoms with Crippen molar-refractivity contribution in [3.05, 3.63) is 18.2 Å². The van der Waals surface area contributed by atoms with E-state index in [9.17, 15) is 26.4 Å². The van der Waals surface area contributed by atoms with Crippen LogP contribution in [0.3, 0.4) is 0 Å². The molecule has 1 aliphatic heterocycles. The smallest absolute Gasteiger partial charge is 0.393 e. The van der Waals surface area contributed by atoms with Gasteiger partial charge in [-0.1, -0.05) is 6.07 Å². The zero-order valence-electron chi connectivity index (χ0n) is 13.3. The molecule has 11 heteroatoms. The summed E-state index contributed by atoms with van der Waals surface area (Å²) < 4.78 is 75.4. The van der Waals surface area contributed by atoms with E-state index in [2.05, 4.69) is 0 Å². The maximum absolute atomic E-state index is 13.1. The van der Waals surface area contributed by atoms with Gasteiger partial charge in [-0.2, -0.15) is 17.5 Å². The minimum absolute atomic E-state index is 0.110. The van der Waals surface area contributed by atoms with Crippen LogP contribution < -0.4 is 9.47 Å². The number of carbonyl (C=O) groups is 1. The van der Waals surface area contributed by atoms with Gasteiger partial charge in [-0.25, -0.2) is 8.42 Å². The van der Waals surface area contributed by atoms with Gasteiger partial charge in [0.25, 0.3) is 10.0 Å². The number of aliphatic carboxylic acids is 1. The first-order valence-corrected chi connectivity index (χ1v) is 8.48. The first kappa shape index (κ1) is 19.3. The number of methoxy groups -OCH3 is 2. The van der Waals surface area contributed by atoms with E-state index >= 15 is 0 Å². The summed E-state index contributed by atoms with van der Waals surface area (Å²) in [6, 6.07) is 4.10. The van der Waals surface area contributed by atoms with Crippen molar-refractivity contribution < 1.29 is 41.0 Å². The van der Waals surface area contributed by atoms with Crippen LogP contribution in [0.25, 0.3) is 0 Å². The third kappa shape index (κ3) is 3.52. The lowest BCUT2D eigenvalue weighted by Crippen LogP contribution is -2.34. The van der Waals surface area contributed by atoms with Crippen molar-refractivity contribution in [2.75, 3.05) is 27.3 Å². The predicted molar refractivity (Wildman–Crippen MR) is 79.0 cm³/mol. The van der Waals surface area contributed by atoms with E-state index in [1.807, 2.05) is 0 Å². The lowest BCUT2D eigenvalue weighted by Gasteiger charge is -2.20. The fraction of sp³-hybridized carbons (Fsp3) is 0.500. The number of hydrogen-bond acceptors (Lipinski definition) is 5. The van der Waals surface area contributed by atoms with Crippen LogP contribution in [0.5, 0.6) is 11.5 Å². The molecule has 0 radical (unpaired) electrons. The summed E-state index contributed by atoms with van der Waals surface area (Å²) in [5.41, 5.74) is 0. The molecule has 1 N–H and O–H groups in total. The van der Waals surface area contributed by atoms with E-state index in [4.69, 9.17) is 14.6 Å². The minimum Gasteiger partial charge on any atom is -0.495 e. The summed E-state index contributed by atoms with van der Waals surface area (Å²) >= 11 is 0. The fourth-order valence-electron chi connectivity index (χ4n) is 2.75. The summed E-state index contributed by atoms with van der Waals surface area (Å²) in [6.45, 7) is -1.77. The Balaban J connectivity index is 2.50. The number of rotatable bonds is 5. The molecule has 1 aromatic carbocycles. The van der Waals surface area contributed by atoms with Crippen LogP contribution in [0, 0.1) is 11.8 Å². The highest BCUT2D eigenvalue weighted by atomic mass is 32.2. The van der Waals surface area contributed by atoms with Crippen LogP contribution >= 0.6 is 0 Å². The first-order valence-electron chi connectivity index (χ1n) is 7.04. The molecule has 2 rings (SSSR count). The number of nitrogens with zero attached hydrogens (tertiary/aromatic N) is 1. The van der Waals surface area contributed by atoms with Crippen molar-refractivity contribution in [2.24, 2.45) is 11.8 Å². The van der Waals surface area contributed by atoms with Crippen molar-refractivity contribution in [3.8, 4) is 11.5 Å². The number of alkyl halides is 3. The normalized spacial score (nSPS) is 22.0. The van der Waals surface area contributed by atoms with E-state index in [1.165, 1.54) is 32.4 Å². The number of carboxylic acids is 1. The van der Waals surface area contributed by atoms with Crippen LogP contribution in [0.1, 0.15) is 0 Å². The van der Waals surface area contributed by atoms with E-state index in [0.717, 1.165) is 0 Å². The summed E-state index contributed by atoms with van der Waals surface area (Å²) in [5.74, 6) is -6.09. The molecule has 0 aliphatic carbocycles. The van der Waals surface area contributed by atoms with Crippen LogP contribution in [0.2, 0.25) is 0 Å². The van der Waals surface area contributed by atoms with Crippen LogP contribution in [0.4, 0.5) is 13.2 Å². The highest BCUT2D eigenvalue weighted by molar-refractivity contribution is 7.89. The Morgan fingerprint density at radius 1 is 1.20 bits per heavy atom.